The molecule has 5 aliphatic rings. The van der Waals surface area contributed by atoms with Gasteiger partial charge in [0, 0.05) is 43.3 Å². The first kappa shape index (κ1) is 45.2. The first-order chi connectivity index (χ1) is 31.0. The van der Waals surface area contributed by atoms with E-state index in [0.29, 0.717) is 0 Å². The molecule has 0 fully saturated rings. The van der Waals surface area contributed by atoms with Crippen LogP contribution in [0.3, 0.4) is 0 Å². The van der Waals surface area contributed by atoms with E-state index in [1.807, 2.05) is 0 Å². The quantitative estimate of drug-likeness (QED) is 0.160. The van der Waals surface area contributed by atoms with Crippen molar-refractivity contribution in [1.82, 2.24) is 0 Å². The fraction of sp³-hybridized carbons (Fsp3) is 0.492. The molecule has 5 aromatic carbocycles. The normalized spacial score (nSPS) is 21.0. The van der Waals surface area contributed by atoms with Crippen LogP contribution in [0.2, 0.25) is 0 Å². The molecule has 0 saturated carbocycles. The van der Waals surface area contributed by atoms with Crippen LogP contribution in [-0.2, 0) is 37.9 Å². The van der Waals surface area contributed by atoms with Crippen molar-refractivity contribution in [2.75, 3.05) is 9.80 Å². The Bertz CT molecular complexity index is 3120. The van der Waals surface area contributed by atoms with Gasteiger partial charge in [-0.25, -0.2) is 0 Å². The first-order valence-electron chi connectivity index (χ1n) is 25.8. The van der Waals surface area contributed by atoms with E-state index in [9.17, 15) is 0 Å². The Hall–Kier alpha value is -4.28. The lowest BCUT2D eigenvalue weighted by atomic mass is 9.36. The zero-order valence-corrected chi connectivity index (χ0v) is 45.3. The van der Waals surface area contributed by atoms with E-state index in [2.05, 4.69) is 212 Å². The molecule has 6 aromatic rings. The van der Waals surface area contributed by atoms with Gasteiger partial charge in [-0.05, 0) is 206 Å². The Morgan fingerprint density at radius 1 is 0.463 bits per heavy atom. The molecule has 0 N–H and O–H groups in total. The summed E-state index contributed by atoms with van der Waals surface area (Å²) in [6.07, 6.45) is 7.22. The Morgan fingerprint density at radius 2 is 0.881 bits per heavy atom. The van der Waals surface area contributed by atoms with E-state index >= 15 is 0 Å². The Labute approximate surface area is 409 Å². The van der Waals surface area contributed by atoms with Gasteiger partial charge in [0.15, 0.2) is 0 Å². The third kappa shape index (κ3) is 6.52. The first-order valence-corrected chi connectivity index (χ1v) is 26.7. The maximum absolute atomic E-state index is 2.79. The van der Waals surface area contributed by atoms with E-state index in [4.69, 9.17) is 0 Å². The van der Waals surface area contributed by atoms with Gasteiger partial charge in [-0.15, -0.1) is 11.3 Å². The number of aryl methyl sites for hydroxylation is 3. The van der Waals surface area contributed by atoms with Crippen LogP contribution >= 0.6 is 11.3 Å². The van der Waals surface area contributed by atoms with Crippen LogP contribution in [-0.4, -0.2) is 6.71 Å². The molecule has 11 rings (SSSR count). The van der Waals surface area contributed by atoms with Crippen LogP contribution in [0.5, 0.6) is 0 Å². The lowest BCUT2D eigenvalue weighted by molar-refractivity contribution is 0.332. The summed E-state index contributed by atoms with van der Waals surface area (Å²) in [6.45, 7) is 44.2. The second kappa shape index (κ2) is 14.0. The van der Waals surface area contributed by atoms with Crippen LogP contribution < -0.4 is 25.5 Å². The highest BCUT2D eigenvalue weighted by molar-refractivity contribution is 7.33. The third-order valence-corrected chi connectivity index (χ3v) is 19.7. The van der Waals surface area contributed by atoms with E-state index in [1.165, 1.54) is 149 Å². The lowest BCUT2D eigenvalue weighted by Crippen LogP contribution is -2.60. The van der Waals surface area contributed by atoms with Gasteiger partial charge < -0.3 is 9.80 Å². The number of hydrogen-bond donors (Lipinski definition) is 0. The molecule has 2 nitrogen and oxygen atoms in total. The number of benzene rings is 5. The number of nitrogens with zero attached hydrogens (tertiary/aromatic N) is 2. The topological polar surface area (TPSA) is 6.48 Å². The Kier molecular flexibility index (Phi) is 9.41. The van der Waals surface area contributed by atoms with Crippen molar-refractivity contribution >= 4 is 78.0 Å². The van der Waals surface area contributed by atoms with Gasteiger partial charge >= 0.3 is 0 Å². The molecule has 3 aliphatic carbocycles. The molecule has 2 aliphatic heterocycles. The standard InChI is InChI=1S/C63H77BN2S/c1-36-27-51-54-52(28-36)66(50-34-45-42(30-38(50)3)59(9,10)22-25-62(45,15)16)55-40-32-43-46(63(17,18)26-23-60(43,11)12)35-53(40)67-56(55)64(54)47-31-39(57(4,5)6)19-20-48(47)65(51)49-33-44-41(29-37(49)2)58(7,8)21-24-61(44,13)14/h19-20,27-35H,21-26H2,1-18H3. The average molecular weight is 905 g/mol. The van der Waals surface area contributed by atoms with Gasteiger partial charge in [-0.2, -0.15) is 0 Å². The molecule has 67 heavy (non-hydrogen) atoms. The summed E-state index contributed by atoms with van der Waals surface area (Å²) in [5.41, 5.74) is 26.2. The number of hydrogen-bond acceptors (Lipinski definition) is 3. The molecule has 0 saturated heterocycles. The van der Waals surface area contributed by atoms with Gasteiger partial charge in [0.05, 0.1) is 5.69 Å². The highest BCUT2D eigenvalue weighted by atomic mass is 32.1. The zero-order chi connectivity index (χ0) is 48.1. The number of fused-ring (bicyclic) bond motifs is 9. The molecule has 348 valence electrons. The SMILES string of the molecule is Cc1cc2c3c(c1)N(c1cc4c(cc1C)C(C)(C)CCC4(C)C)c1c(sc4cc5c(cc14)C(C)(C)CCC5(C)C)B3c1cc(C(C)(C)C)ccc1N2c1cc2c(cc1C)C(C)(C)CCC2(C)C. The number of thiophene rings is 1. The van der Waals surface area contributed by atoms with Gasteiger partial charge in [0.2, 0.25) is 0 Å². The smallest absolute Gasteiger partial charge is 0.264 e. The van der Waals surface area contributed by atoms with Crippen LogP contribution in [0.4, 0.5) is 34.1 Å². The number of anilines is 6. The second-order valence-corrected chi connectivity index (χ2v) is 28.3. The minimum atomic E-state index is -0.00563. The summed E-state index contributed by atoms with van der Waals surface area (Å²) >= 11 is 2.08. The minimum absolute atomic E-state index is 0.00563. The molecule has 3 heterocycles. The largest absolute Gasteiger partial charge is 0.311 e. The van der Waals surface area contributed by atoms with E-state index < -0.39 is 0 Å². The second-order valence-electron chi connectivity index (χ2n) is 27.2. The third-order valence-electron chi connectivity index (χ3n) is 18.5. The Morgan fingerprint density at radius 3 is 1.36 bits per heavy atom. The lowest BCUT2D eigenvalue weighted by Gasteiger charge is -2.46. The summed E-state index contributed by atoms with van der Waals surface area (Å²) in [7, 11) is 0. The average Bonchev–Trinajstić information content (AvgIpc) is 3.60. The van der Waals surface area contributed by atoms with Crippen molar-refractivity contribution in [2.45, 2.75) is 201 Å². The molecule has 0 radical (unpaired) electrons. The Balaban J connectivity index is 1.28. The van der Waals surface area contributed by atoms with Crippen molar-refractivity contribution in [2.24, 2.45) is 0 Å². The molecule has 4 heteroatoms. The van der Waals surface area contributed by atoms with E-state index in [0.717, 1.165) is 0 Å². The van der Waals surface area contributed by atoms with Gasteiger partial charge in [0.1, 0.15) is 0 Å². The highest BCUT2D eigenvalue weighted by Crippen LogP contribution is 2.56. The van der Waals surface area contributed by atoms with Crippen molar-refractivity contribution < 1.29 is 0 Å². The summed E-state index contributed by atoms with van der Waals surface area (Å²) in [5.74, 6) is 0. The molecular formula is C63H77BN2S. The summed E-state index contributed by atoms with van der Waals surface area (Å²) in [5, 5.41) is 1.42. The fourth-order valence-electron chi connectivity index (χ4n) is 13.6. The van der Waals surface area contributed by atoms with Crippen LogP contribution in [0, 0.1) is 20.8 Å². The summed E-state index contributed by atoms with van der Waals surface area (Å²) in [4.78, 5) is 5.50. The summed E-state index contributed by atoms with van der Waals surface area (Å²) < 4.78 is 2.91. The molecular weight excluding hydrogens is 828 g/mol. The molecule has 0 spiro atoms. The maximum Gasteiger partial charge on any atom is 0.264 e. The van der Waals surface area contributed by atoms with Gasteiger partial charge in [-0.1, -0.05) is 128 Å². The van der Waals surface area contributed by atoms with E-state index in [-0.39, 0.29) is 44.6 Å². The molecule has 0 unspecified atom stereocenters. The maximum atomic E-state index is 2.79. The van der Waals surface area contributed by atoms with Crippen LogP contribution in [0.1, 0.15) is 198 Å². The monoisotopic (exact) mass is 905 g/mol. The highest BCUT2D eigenvalue weighted by Gasteiger charge is 2.49. The van der Waals surface area contributed by atoms with Crippen molar-refractivity contribution in [1.29, 1.82) is 0 Å². The predicted molar refractivity (Wildman–Crippen MR) is 295 cm³/mol. The molecule has 1 aromatic heterocycles. The van der Waals surface area contributed by atoms with E-state index in [1.54, 1.807) is 5.56 Å². The van der Waals surface area contributed by atoms with Crippen molar-refractivity contribution in [3.63, 3.8) is 0 Å². The number of rotatable bonds is 2. The van der Waals surface area contributed by atoms with Crippen LogP contribution in [0.25, 0.3) is 10.1 Å². The van der Waals surface area contributed by atoms with Crippen molar-refractivity contribution in [3.8, 4) is 0 Å². The zero-order valence-electron chi connectivity index (χ0n) is 44.5. The van der Waals surface area contributed by atoms with Crippen molar-refractivity contribution in [3.05, 3.63) is 122 Å². The molecule has 0 bridgehead atoms. The summed E-state index contributed by atoms with van der Waals surface area (Å²) in [6, 6.07) is 28.4. The fourth-order valence-corrected chi connectivity index (χ4v) is 14.9. The van der Waals surface area contributed by atoms with Gasteiger partial charge in [0.25, 0.3) is 6.71 Å². The van der Waals surface area contributed by atoms with Gasteiger partial charge in [-0.3, -0.25) is 0 Å². The predicted octanol–water partition coefficient (Wildman–Crippen LogP) is 16.3. The molecule has 0 amide bonds. The molecule has 0 atom stereocenters. The van der Waals surface area contributed by atoms with Crippen LogP contribution in [0.15, 0.2) is 66.7 Å². The minimum Gasteiger partial charge on any atom is -0.311 e.